The summed E-state index contributed by atoms with van der Waals surface area (Å²) in [6.45, 7) is 1.94. The predicted octanol–water partition coefficient (Wildman–Crippen LogP) is 3.54. The molecule has 0 aromatic heterocycles. The zero-order chi connectivity index (χ0) is 12.3. The Labute approximate surface area is 101 Å². The van der Waals surface area contributed by atoms with E-state index in [0.717, 1.165) is 28.0 Å². The summed E-state index contributed by atoms with van der Waals surface area (Å²) in [6.07, 6.45) is 0. The lowest BCUT2D eigenvalue weighted by molar-refractivity contribution is 0.415. The third-order valence-electron chi connectivity index (χ3n) is 2.78. The van der Waals surface area contributed by atoms with Gasteiger partial charge in [-0.2, -0.15) is 5.26 Å². The lowest BCUT2D eigenvalue weighted by Gasteiger charge is -2.05. The van der Waals surface area contributed by atoms with Crippen LogP contribution in [0.15, 0.2) is 42.5 Å². The summed E-state index contributed by atoms with van der Waals surface area (Å²) < 4.78 is 5.12. The Morgan fingerprint density at radius 1 is 1.00 bits per heavy atom. The van der Waals surface area contributed by atoms with Gasteiger partial charge in [-0.3, -0.25) is 0 Å². The predicted molar refractivity (Wildman–Crippen MR) is 67.9 cm³/mol. The van der Waals surface area contributed by atoms with Crippen molar-refractivity contribution in [2.75, 3.05) is 7.11 Å². The van der Waals surface area contributed by atoms with Crippen LogP contribution in [-0.2, 0) is 0 Å². The molecule has 2 heteroatoms. The van der Waals surface area contributed by atoms with E-state index in [1.807, 2.05) is 49.4 Å². The molecule has 17 heavy (non-hydrogen) atoms. The number of nitrogens with zero attached hydrogens (tertiary/aromatic N) is 1. The Kier molecular flexibility index (Phi) is 3.11. The molecule has 2 nitrogen and oxygen atoms in total. The van der Waals surface area contributed by atoms with E-state index in [2.05, 4.69) is 6.07 Å². The van der Waals surface area contributed by atoms with E-state index in [0.29, 0.717) is 0 Å². The molecule has 0 bridgehead atoms. The number of benzene rings is 2. The van der Waals surface area contributed by atoms with Gasteiger partial charge in [-0.05, 0) is 41.8 Å². The van der Waals surface area contributed by atoms with Crippen molar-refractivity contribution in [3.63, 3.8) is 0 Å². The number of nitriles is 1. The highest BCUT2D eigenvalue weighted by molar-refractivity contribution is 5.66. The standard InChI is InChI=1S/C15H13NO/c1-11-3-4-13(9-14(11)10-16)12-5-7-15(17-2)8-6-12/h3-9H,1-2H3. The first-order valence-electron chi connectivity index (χ1n) is 5.40. The van der Waals surface area contributed by atoms with Crippen LogP contribution >= 0.6 is 0 Å². The van der Waals surface area contributed by atoms with E-state index in [1.54, 1.807) is 7.11 Å². The smallest absolute Gasteiger partial charge is 0.118 e. The summed E-state index contributed by atoms with van der Waals surface area (Å²) in [5, 5.41) is 9.00. The van der Waals surface area contributed by atoms with Gasteiger partial charge in [-0.1, -0.05) is 24.3 Å². The van der Waals surface area contributed by atoms with Crippen molar-refractivity contribution in [2.45, 2.75) is 6.92 Å². The molecule has 84 valence electrons. The third kappa shape index (κ3) is 2.29. The Morgan fingerprint density at radius 3 is 2.24 bits per heavy atom. The van der Waals surface area contributed by atoms with Gasteiger partial charge < -0.3 is 4.74 Å². The fourth-order valence-corrected chi connectivity index (χ4v) is 1.71. The minimum absolute atomic E-state index is 0.721. The molecular formula is C15H13NO. The first-order chi connectivity index (χ1) is 8.24. The van der Waals surface area contributed by atoms with Gasteiger partial charge in [0.25, 0.3) is 0 Å². The summed E-state index contributed by atoms with van der Waals surface area (Å²) in [6, 6.07) is 15.9. The molecule has 0 radical (unpaired) electrons. The molecule has 2 aromatic rings. The Morgan fingerprint density at radius 2 is 1.65 bits per heavy atom. The SMILES string of the molecule is COc1ccc(-c2ccc(C)c(C#N)c2)cc1. The molecular weight excluding hydrogens is 210 g/mol. The fourth-order valence-electron chi connectivity index (χ4n) is 1.71. The van der Waals surface area contributed by atoms with Gasteiger partial charge in [0.15, 0.2) is 0 Å². The van der Waals surface area contributed by atoms with E-state index in [4.69, 9.17) is 10.00 Å². The van der Waals surface area contributed by atoms with E-state index in [-0.39, 0.29) is 0 Å². The van der Waals surface area contributed by atoms with Crippen molar-refractivity contribution in [1.82, 2.24) is 0 Å². The number of rotatable bonds is 2. The van der Waals surface area contributed by atoms with Crippen molar-refractivity contribution in [3.8, 4) is 22.9 Å². The second-order valence-electron chi connectivity index (χ2n) is 3.87. The largest absolute Gasteiger partial charge is 0.497 e. The van der Waals surface area contributed by atoms with Crippen molar-refractivity contribution < 1.29 is 4.74 Å². The molecule has 0 saturated heterocycles. The van der Waals surface area contributed by atoms with Crippen LogP contribution < -0.4 is 4.74 Å². The van der Waals surface area contributed by atoms with E-state index in [1.165, 1.54) is 0 Å². The average Bonchev–Trinajstić information content (AvgIpc) is 2.39. The highest BCUT2D eigenvalue weighted by Crippen LogP contribution is 2.24. The number of ether oxygens (including phenoxy) is 1. The van der Waals surface area contributed by atoms with Crippen molar-refractivity contribution in [2.24, 2.45) is 0 Å². The Bertz CT molecular complexity index is 564. The average molecular weight is 223 g/mol. The van der Waals surface area contributed by atoms with Crippen molar-refractivity contribution in [1.29, 1.82) is 5.26 Å². The van der Waals surface area contributed by atoms with Crippen LogP contribution in [-0.4, -0.2) is 7.11 Å². The first-order valence-corrected chi connectivity index (χ1v) is 5.40. The second kappa shape index (κ2) is 4.71. The highest BCUT2D eigenvalue weighted by atomic mass is 16.5. The quantitative estimate of drug-likeness (QED) is 0.780. The fraction of sp³-hybridized carbons (Fsp3) is 0.133. The molecule has 0 unspecified atom stereocenters. The monoisotopic (exact) mass is 223 g/mol. The summed E-state index contributed by atoms with van der Waals surface area (Å²) >= 11 is 0. The molecule has 0 saturated carbocycles. The molecule has 0 amide bonds. The third-order valence-corrected chi connectivity index (χ3v) is 2.78. The Hall–Kier alpha value is -2.27. The lowest BCUT2D eigenvalue weighted by atomic mass is 10.0. The van der Waals surface area contributed by atoms with Gasteiger partial charge in [0.05, 0.1) is 18.7 Å². The van der Waals surface area contributed by atoms with Crippen LogP contribution in [0.3, 0.4) is 0 Å². The molecule has 2 rings (SSSR count). The van der Waals surface area contributed by atoms with Gasteiger partial charge in [-0.15, -0.1) is 0 Å². The number of aryl methyl sites for hydroxylation is 1. The minimum atomic E-state index is 0.721. The molecule has 0 aliphatic rings. The van der Waals surface area contributed by atoms with Crippen LogP contribution in [0.4, 0.5) is 0 Å². The summed E-state index contributed by atoms with van der Waals surface area (Å²) in [5.41, 5.74) is 3.86. The maximum atomic E-state index is 9.00. The zero-order valence-electron chi connectivity index (χ0n) is 9.90. The van der Waals surface area contributed by atoms with Gasteiger partial charge in [0.2, 0.25) is 0 Å². The highest BCUT2D eigenvalue weighted by Gasteiger charge is 2.02. The molecule has 2 aromatic carbocycles. The maximum Gasteiger partial charge on any atom is 0.118 e. The molecule has 0 spiro atoms. The zero-order valence-corrected chi connectivity index (χ0v) is 9.90. The van der Waals surface area contributed by atoms with Crippen LogP contribution in [0, 0.1) is 18.3 Å². The van der Waals surface area contributed by atoms with E-state index >= 15 is 0 Å². The maximum absolute atomic E-state index is 9.00. The molecule has 0 atom stereocenters. The second-order valence-corrected chi connectivity index (χ2v) is 3.87. The number of methoxy groups -OCH3 is 1. The minimum Gasteiger partial charge on any atom is -0.497 e. The lowest BCUT2D eigenvalue weighted by Crippen LogP contribution is -1.86. The topological polar surface area (TPSA) is 33.0 Å². The van der Waals surface area contributed by atoms with Crippen LogP contribution in [0.1, 0.15) is 11.1 Å². The first kappa shape index (κ1) is 11.2. The van der Waals surface area contributed by atoms with Crippen LogP contribution in [0.5, 0.6) is 5.75 Å². The van der Waals surface area contributed by atoms with Crippen LogP contribution in [0.2, 0.25) is 0 Å². The van der Waals surface area contributed by atoms with E-state index < -0.39 is 0 Å². The van der Waals surface area contributed by atoms with Gasteiger partial charge in [0, 0.05) is 0 Å². The van der Waals surface area contributed by atoms with Gasteiger partial charge in [0.1, 0.15) is 5.75 Å². The van der Waals surface area contributed by atoms with Gasteiger partial charge >= 0.3 is 0 Å². The van der Waals surface area contributed by atoms with Crippen LogP contribution in [0.25, 0.3) is 11.1 Å². The summed E-state index contributed by atoms with van der Waals surface area (Å²) in [4.78, 5) is 0. The van der Waals surface area contributed by atoms with Crippen molar-refractivity contribution in [3.05, 3.63) is 53.6 Å². The number of hydrogen-bond acceptors (Lipinski definition) is 2. The molecule has 0 fully saturated rings. The summed E-state index contributed by atoms with van der Waals surface area (Å²) in [5.74, 6) is 0.835. The van der Waals surface area contributed by atoms with Gasteiger partial charge in [-0.25, -0.2) is 0 Å². The molecule has 0 heterocycles. The number of hydrogen-bond donors (Lipinski definition) is 0. The summed E-state index contributed by atoms with van der Waals surface area (Å²) in [7, 11) is 1.65. The molecule has 0 aliphatic carbocycles. The normalized spacial score (nSPS) is 9.71. The molecule has 0 aliphatic heterocycles. The Balaban J connectivity index is 2.43. The molecule has 0 N–H and O–H groups in total. The van der Waals surface area contributed by atoms with Crippen molar-refractivity contribution >= 4 is 0 Å². The van der Waals surface area contributed by atoms with E-state index in [9.17, 15) is 0 Å².